The van der Waals surface area contributed by atoms with Gasteiger partial charge in [0.1, 0.15) is 16.4 Å². The van der Waals surface area contributed by atoms with Crippen LogP contribution in [0.15, 0.2) is 15.6 Å². The van der Waals surface area contributed by atoms with Gasteiger partial charge in [0.05, 0.1) is 0 Å². The van der Waals surface area contributed by atoms with E-state index in [1.165, 1.54) is 12.8 Å². The zero-order valence-corrected chi connectivity index (χ0v) is 13.8. The van der Waals surface area contributed by atoms with Gasteiger partial charge in [0.2, 0.25) is 10.0 Å². The Balaban J connectivity index is 1.70. The molecule has 0 aromatic carbocycles. The largest absolute Gasteiger partial charge is 0.360 e. The minimum atomic E-state index is -3.60. The summed E-state index contributed by atoms with van der Waals surface area (Å²) < 4.78 is 34.3. The van der Waals surface area contributed by atoms with Crippen LogP contribution in [-0.4, -0.2) is 29.7 Å². The number of imidazole rings is 1. The van der Waals surface area contributed by atoms with Gasteiger partial charge in [-0.2, -0.15) is 0 Å². The van der Waals surface area contributed by atoms with Crippen LogP contribution >= 0.6 is 0 Å². The van der Waals surface area contributed by atoms with Gasteiger partial charge in [-0.1, -0.05) is 5.16 Å². The fourth-order valence-corrected chi connectivity index (χ4v) is 4.01. The summed E-state index contributed by atoms with van der Waals surface area (Å²) in [6.45, 7) is 6.08. The number of sulfonamides is 1. The molecule has 1 fully saturated rings. The summed E-state index contributed by atoms with van der Waals surface area (Å²) in [5, 5.41) is 3.69. The van der Waals surface area contributed by atoms with Crippen LogP contribution < -0.4 is 4.72 Å². The summed E-state index contributed by atoms with van der Waals surface area (Å²) in [4.78, 5) is 4.57. The Labute approximate surface area is 129 Å². The van der Waals surface area contributed by atoms with Crippen molar-refractivity contribution in [2.75, 3.05) is 6.54 Å². The van der Waals surface area contributed by atoms with E-state index in [1.54, 1.807) is 13.8 Å². The molecule has 120 valence electrons. The maximum Gasteiger partial charge on any atom is 0.246 e. The van der Waals surface area contributed by atoms with Crippen molar-refractivity contribution in [3.8, 4) is 0 Å². The highest BCUT2D eigenvalue weighted by molar-refractivity contribution is 7.89. The maximum absolute atomic E-state index is 12.3. The van der Waals surface area contributed by atoms with Gasteiger partial charge in [0, 0.05) is 30.9 Å². The number of hydrogen-bond acceptors (Lipinski definition) is 5. The van der Waals surface area contributed by atoms with E-state index >= 15 is 0 Å². The summed E-state index contributed by atoms with van der Waals surface area (Å²) in [7, 11) is -3.60. The molecule has 0 atom stereocenters. The molecule has 0 bridgehead atoms. The first-order chi connectivity index (χ1) is 10.4. The molecule has 2 aromatic rings. The third-order valence-corrected chi connectivity index (χ3v) is 5.60. The summed E-state index contributed by atoms with van der Waals surface area (Å²) >= 11 is 0. The second-order valence-electron chi connectivity index (χ2n) is 5.73. The van der Waals surface area contributed by atoms with Gasteiger partial charge in [0.15, 0.2) is 5.76 Å². The normalized spacial score (nSPS) is 15.4. The summed E-state index contributed by atoms with van der Waals surface area (Å²) in [5.41, 5.74) is 1.43. The van der Waals surface area contributed by atoms with Gasteiger partial charge in [0.25, 0.3) is 0 Å². The number of rotatable bonds is 6. The Bertz CT molecular complexity index is 768. The number of nitrogens with zero attached hydrogens (tertiary/aromatic N) is 3. The van der Waals surface area contributed by atoms with Crippen LogP contribution in [0.2, 0.25) is 0 Å². The first-order valence-corrected chi connectivity index (χ1v) is 8.83. The monoisotopic (exact) mass is 324 g/mol. The lowest BCUT2D eigenvalue weighted by molar-refractivity contribution is 0.390. The average molecular weight is 324 g/mol. The Morgan fingerprint density at radius 1 is 1.36 bits per heavy atom. The highest BCUT2D eigenvalue weighted by Crippen LogP contribution is 2.39. The number of hydrogen-bond donors (Lipinski definition) is 1. The van der Waals surface area contributed by atoms with E-state index in [2.05, 4.69) is 19.4 Å². The molecule has 7 nitrogen and oxygen atoms in total. The molecule has 2 heterocycles. The highest BCUT2D eigenvalue weighted by atomic mass is 32.2. The number of aryl methyl sites for hydroxylation is 3. The first-order valence-electron chi connectivity index (χ1n) is 7.34. The molecular weight excluding hydrogens is 304 g/mol. The van der Waals surface area contributed by atoms with Crippen molar-refractivity contribution in [2.45, 2.75) is 51.0 Å². The average Bonchev–Trinajstić information content (AvgIpc) is 3.14. The summed E-state index contributed by atoms with van der Waals surface area (Å²) in [5.74, 6) is 1.91. The minimum Gasteiger partial charge on any atom is -0.360 e. The molecule has 0 aliphatic heterocycles. The van der Waals surface area contributed by atoms with E-state index in [0.29, 0.717) is 30.5 Å². The number of aromatic nitrogens is 3. The SMILES string of the molecule is Cc1noc(C)c1S(=O)(=O)NCCn1c(C)cnc1C1CC1. The molecule has 1 saturated carbocycles. The molecule has 0 spiro atoms. The lowest BCUT2D eigenvalue weighted by Crippen LogP contribution is -2.28. The van der Waals surface area contributed by atoms with Crippen LogP contribution in [-0.2, 0) is 16.6 Å². The lowest BCUT2D eigenvalue weighted by Gasteiger charge is -2.11. The van der Waals surface area contributed by atoms with E-state index < -0.39 is 10.0 Å². The van der Waals surface area contributed by atoms with Crippen LogP contribution in [0.4, 0.5) is 0 Å². The van der Waals surface area contributed by atoms with Crippen molar-refractivity contribution >= 4 is 10.0 Å². The quantitative estimate of drug-likeness (QED) is 0.872. The van der Waals surface area contributed by atoms with Crippen molar-refractivity contribution in [1.29, 1.82) is 0 Å². The zero-order chi connectivity index (χ0) is 15.9. The van der Waals surface area contributed by atoms with Crippen molar-refractivity contribution in [2.24, 2.45) is 0 Å². The van der Waals surface area contributed by atoms with Gasteiger partial charge in [-0.25, -0.2) is 18.1 Å². The van der Waals surface area contributed by atoms with E-state index in [1.807, 2.05) is 13.1 Å². The molecular formula is C14H20N4O3S. The topological polar surface area (TPSA) is 90.0 Å². The standard InChI is InChI=1S/C14H20N4O3S/c1-9-8-15-14(12-4-5-12)18(9)7-6-16-22(19,20)13-10(2)17-21-11(13)3/h8,12,16H,4-7H2,1-3H3. The summed E-state index contributed by atoms with van der Waals surface area (Å²) in [6, 6.07) is 0. The fraction of sp³-hybridized carbons (Fsp3) is 0.571. The second kappa shape index (κ2) is 5.51. The van der Waals surface area contributed by atoms with Crippen molar-refractivity contribution < 1.29 is 12.9 Å². The third kappa shape index (κ3) is 2.80. The molecule has 0 unspecified atom stereocenters. The van der Waals surface area contributed by atoms with E-state index in [-0.39, 0.29) is 4.90 Å². The van der Waals surface area contributed by atoms with Crippen LogP contribution in [0.3, 0.4) is 0 Å². The maximum atomic E-state index is 12.3. The van der Waals surface area contributed by atoms with Gasteiger partial charge < -0.3 is 9.09 Å². The first kappa shape index (κ1) is 15.2. The molecule has 1 N–H and O–H groups in total. The molecule has 2 aromatic heterocycles. The van der Waals surface area contributed by atoms with Crippen molar-refractivity contribution in [1.82, 2.24) is 19.4 Å². The van der Waals surface area contributed by atoms with Gasteiger partial charge in [-0.05, 0) is 33.6 Å². The molecule has 0 radical (unpaired) electrons. The zero-order valence-electron chi connectivity index (χ0n) is 13.0. The van der Waals surface area contributed by atoms with Gasteiger partial charge in [-0.3, -0.25) is 0 Å². The van der Waals surface area contributed by atoms with Crippen molar-refractivity contribution in [3.05, 3.63) is 29.2 Å². The molecule has 8 heteroatoms. The van der Waals surface area contributed by atoms with E-state index in [4.69, 9.17) is 4.52 Å². The molecule has 0 saturated heterocycles. The lowest BCUT2D eigenvalue weighted by atomic mass is 10.4. The molecule has 1 aliphatic rings. The highest BCUT2D eigenvalue weighted by Gasteiger charge is 2.29. The molecule has 3 rings (SSSR count). The van der Waals surface area contributed by atoms with Crippen LogP contribution in [0, 0.1) is 20.8 Å². The van der Waals surface area contributed by atoms with Crippen LogP contribution in [0.1, 0.15) is 41.7 Å². The summed E-state index contributed by atoms with van der Waals surface area (Å²) in [6.07, 6.45) is 4.18. The van der Waals surface area contributed by atoms with Gasteiger partial charge >= 0.3 is 0 Å². The number of nitrogens with one attached hydrogen (secondary N) is 1. The Morgan fingerprint density at radius 3 is 2.68 bits per heavy atom. The predicted molar refractivity (Wildman–Crippen MR) is 80.1 cm³/mol. The van der Waals surface area contributed by atoms with Crippen molar-refractivity contribution in [3.63, 3.8) is 0 Å². The smallest absolute Gasteiger partial charge is 0.246 e. The Morgan fingerprint density at radius 2 is 2.09 bits per heavy atom. The third-order valence-electron chi connectivity index (χ3n) is 3.89. The van der Waals surface area contributed by atoms with E-state index in [0.717, 1.165) is 11.5 Å². The Hall–Kier alpha value is -1.67. The fourth-order valence-electron chi connectivity index (χ4n) is 2.66. The molecule has 1 aliphatic carbocycles. The Kier molecular flexibility index (Phi) is 3.82. The molecule has 22 heavy (non-hydrogen) atoms. The molecule has 0 amide bonds. The van der Waals surface area contributed by atoms with Gasteiger partial charge in [-0.15, -0.1) is 0 Å². The van der Waals surface area contributed by atoms with Crippen LogP contribution in [0.25, 0.3) is 0 Å². The van der Waals surface area contributed by atoms with E-state index in [9.17, 15) is 8.42 Å². The second-order valence-corrected chi connectivity index (χ2v) is 7.44. The minimum absolute atomic E-state index is 0.136. The van der Waals surface area contributed by atoms with Crippen LogP contribution in [0.5, 0.6) is 0 Å². The predicted octanol–water partition coefficient (Wildman–Crippen LogP) is 1.65.